The first-order valence-electron chi connectivity index (χ1n) is 20.4. The van der Waals surface area contributed by atoms with E-state index in [1.165, 1.54) is 64.9 Å². The van der Waals surface area contributed by atoms with E-state index in [0.29, 0.717) is 55.0 Å². The number of ether oxygens (including phenoxy) is 3. The highest BCUT2D eigenvalue weighted by molar-refractivity contribution is 5.71. The number of hydrogen-bond donors (Lipinski definition) is 0. The molecule has 294 valence electrons. The van der Waals surface area contributed by atoms with E-state index in [4.69, 9.17) is 14.2 Å². The smallest absolute Gasteiger partial charge is 0.362 e. The molecule has 0 bridgehead atoms. The summed E-state index contributed by atoms with van der Waals surface area (Å²) in [7, 11) is 5.94. The lowest BCUT2D eigenvalue weighted by Crippen LogP contribution is -3.00. The van der Waals surface area contributed by atoms with Crippen LogP contribution in [0, 0.1) is 46.3 Å². The highest BCUT2D eigenvalue weighted by Gasteiger charge is 2.65. The lowest BCUT2D eigenvalue weighted by molar-refractivity contribution is -0.907. The fourth-order valence-corrected chi connectivity index (χ4v) is 13.0. The second-order valence-electron chi connectivity index (χ2n) is 19.0. The number of quaternary nitrogens is 2. The van der Waals surface area contributed by atoms with Gasteiger partial charge in [0.25, 0.3) is 0 Å². The summed E-state index contributed by atoms with van der Waals surface area (Å²) >= 11 is 0. The standard InChI is InChI=1S/C41H70N2O6.2ClH/c1-29(13-18-37(44)47-6)33-16-17-34-32-15-14-30-25-31(48-38(45)27-42(4)21-9-7-10-22-42)19-20-40(30,2)35(32)26-36(41(33,34)3)49-39(46)28-43(5)23-11-8-12-24-43;;/h29-36H,7-28H2,1-6H3;2*1H/q+2;;/p-2/t29-,30-,31-,32+,33-,34+,35+,36+,40+,41-;;/m1../s1. The molecular weight excluding hydrogens is 687 g/mol. The second kappa shape index (κ2) is 17.1. The minimum atomic E-state index is -0.133. The van der Waals surface area contributed by atoms with Gasteiger partial charge < -0.3 is 48.0 Å². The number of fused-ring (bicyclic) bond motifs is 5. The van der Waals surface area contributed by atoms with E-state index in [-0.39, 0.29) is 65.8 Å². The molecule has 8 nitrogen and oxygen atoms in total. The molecule has 6 rings (SSSR count). The Balaban J connectivity index is 0.00000292. The van der Waals surface area contributed by atoms with Crippen molar-refractivity contribution < 1.29 is 62.4 Å². The van der Waals surface area contributed by atoms with Gasteiger partial charge in [-0.25, -0.2) is 9.59 Å². The number of carbonyl (C=O) groups is 3. The first-order valence-corrected chi connectivity index (χ1v) is 20.4. The van der Waals surface area contributed by atoms with Crippen LogP contribution in [-0.4, -0.2) is 99.6 Å². The van der Waals surface area contributed by atoms with Crippen LogP contribution in [0.25, 0.3) is 0 Å². The maximum atomic E-state index is 13.9. The molecular formula is C41H70Cl2N2O6. The van der Waals surface area contributed by atoms with Crippen LogP contribution in [0.4, 0.5) is 0 Å². The molecule has 2 saturated heterocycles. The van der Waals surface area contributed by atoms with Gasteiger partial charge in [-0.3, -0.25) is 4.79 Å². The van der Waals surface area contributed by atoms with E-state index in [1.807, 2.05) is 0 Å². The van der Waals surface area contributed by atoms with Gasteiger partial charge in [0.1, 0.15) is 12.2 Å². The summed E-state index contributed by atoms with van der Waals surface area (Å²) in [6, 6.07) is 0. The highest BCUT2D eigenvalue weighted by Crippen LogP contribution is 2.69. The van der Waals surface area contributed by atoms with Crippen LogP contribution >= 0.6 is 0 Å². The molecule has 0 aromatic heterocycles. The molecule has 6 aliphatic rings. The SMILES string of the molecule is COC(=O)CC[C@@H](C)[C@H]1CC[C@H]2[C@@H]3CC[C@@H]4C[C@H](OC(=O)C[N+]5(C)CCCCC5)CC[C@]4(C)[C@H]3C[C@H](OC(=O)C[N+]3(C)CCCCC3)[C@]12C.[Cl-].[Cl-]. The third-order valence-corrected chi connectivity index (χ3v) is 15.9. The van der Waals surface area contributed by atoms with Gasteiger partial charge in [-0.1, -0.05) is 20.8 Å². The maximum Gasteiger partial charge on any atom is 0.362 e. The Bertz CT molecular complexity index is 1210. The summed E-state index contributed by atoms with van der Waals surface area (Å²) < 4.78 is 19.7. The van der Waals surface area contributed by atoms with Crippen molar-refractivity contribution in [2.45, 2.75) is 136 Å². The average molecular weight is 758 g/mol. The quantitative estimate of drug-likeness (QED) is 0.188. The summed E-state index contributed by atoms with van der Waals surface area (Å²) in [5, 5.41) is 0. The molecule has 2 aliphatic heterocycles. The van der Waals surface area contributed by atoms with Gasteiger partial charge in [-0.15, -0.1) is 0 Å². The van der Waals surface area contributed by atoms with Crippen LogP contribution in [0.2, 0.25) is 0 Å². The summed E-state index contributed by atoms with van der Waals surface area (Å²) in [4.78, 5) is 39.3. The van der Waals surface area contributed by atoms with E-state index >= 15 is 0 Å². The molecule has 10 atom stereocenters. The number of halogens is 2. The number of nitrogens with zero attached hydrogens (tertiary/aromatic N) is 2. The van der Waals surface area contributed by atoms with Crippen molar-refractivity contribution in [3.05, 3.63) is 0 Å². The molecule has 0 N–H and O–H groups in total. The van der Waals surface area contributed by atoms with E-state index in [9.17, 15) is 14.4 Å². The molecule has 0 aromatic rings. The van der Waals surface area contributed by atoms with Crippen LogP contribution in [0.5, 0.6) is 0 Å². The molecule has 0 amide bonds. The normalized spacial score (nSPS) is 38.6. The second-order valence-corrected chi connectivity index (χ2v) is 19.0. The summed E-state index contributed by atoms with van der Waals surface area (Å²) in [5.41, 5.74) is 0.0828. The van der Waals surface area contributed by atoms with E-state index in [0.717, 1.165) is 73.7 Å². The third kappa shape index (κ3) is 8.91. The van der Waals surface area contributed by atoms with E-state index in [2.05, 4.69) is 34.9 Å². The molecule has 4 saturated carbocycles. The number of piperidine rings is 2. The maximum absolute atomic E-state index is 13.9. The Morgan fingerprint density at radius 2 is 1.31 bits per heavy atom. The van der Waals surface area contributed by atoms with Gasteiger partial charge in [-0.05, 0) is 137 Å². The minimum Gasteiger partial charge on any atom is -1.00 e. The minimum absolute atomic E-state index is 0. The van der Waals surface area contributed by atoms with Crippen LogP contribution in [0.3, 0.4) is 0 Å². The highest BCUT2D eigenvalue weighted by atomic mass is 35.5. The number of esters is 3. The Morgan fingerprint density at radius 1 is 0.725 bits per heavy atom. The van der Waals surface area contributed by atoms with Gasteiger partial charge in [-0.2, -0.15) is 0 Å². The van der Waals surface area contributed by atoms with E-state index < -0.39 is 0 Å². The van der Waals surface area contributed by atoms with Gasteiger partial charge in [0.2, 0.25) is 0 Å². The van der Waals surface area contributed by atoms with Crippen LogP contribution in [-0.2, 0) is 28.6 Å². The first-order chi connectivity index (χ1) is 23.3. The largest absolute Gasteiger partial charge is 1.00 e. The molecule has 0 spiro atoms. The molecule has 0 aromatic carbocycles. The Hall–Kier alpha value is -1.09. The third-order valence-electron chi connectivity index (χ3n) is 15.9. The molecule has 6 fully saturated rings. The molecule has 0 radical (unpaired) electrons. The van der Waals surface area contributed by atoms with Crippen molar-refractivity contribution in [1.29, 1.82) is 0 Å². The van der Waals surface area contributed by atoms with Gasteiger partial charge in [0.05, 0.1) is 47.4 Å². The Labute approximate surface area is 321 Å². The van der Waals surface area contributed by atoms with Crippen molar-refractivity contribution in [3.63, 3.8) is 0 Å². The zero-order valence-corrected chi connectivity index (χ0v) is 34.3. The number of methoxy groups -OCH3 is 1. The predicted octanol–water partition coefficient (Wildman–Crippen LogP) is 0.937. The fourth-order valence-electron chi connectivity index (χ4n) is 13.0. The number of carbonyl (C=O) groups excluding carboxylic acids is 3. The van der Waals surface area contributed by atoms with Crippen molar-refractivity contribution in [2.24, 2.45) is 46.3 Å². The number of likely N-dealkylation sites (N-methyl/N-ethyl adjacent to an activating group) is 2. The predicted molar refractivity (Wildman–Crippen MR) is 190 cm³/mol. The lowest BCUT2D eigenvalue weighted by atomic mass is 9.43. The lowest BCUT2D eigenvalue weighted by Gasteiger charge is -2.63. The van der Waals surface area contributed by atoms with Gasteiger partial charge in [0, 0.05) is 11.8 Å². The Kier molecular flexibility index (Phi) is 14.3. The molecule has 51 heavy (non-hydrogen) atoms. The number of rotatable bonds is 10. The number of hydrogen-bond acceptors (Lipinski definition) is 6. The van der Waals surface area contributed by atoms with Crippen molar-refractivity contribution in [2.75, 3.05) is 60.5 Å². The zero-order chi connectivity index (χ0) is 35.0. The molecule has 10 heteroatoms. The van der Waals surface area contributed by atoms with Crippen LogP contribution < -0.4 is 24.8 Å². The fraction of sp³-hybridized carbons (Fsp3) is 0.927. The Morgan fingerprint density at radius 3 is 1.90 bits per heavy atom. The van der Waals surface area contributed by atoms with Crippen LogP contribution in [0.1, 0.15) is 124 Å². The van der Waals surface area contributed by atoms with Crippen LogP contribution in [0.15, 0.2) is 0 Å². The summed E-state index contributed by atoms with van der Waals surface area (Å²) in [5.74, 6) is 2.84. The van der Waals surface area contributed by atoms with E-state index in [1.54, 1.807) is 0 Å². The number of likely N-dealkylation sites (tertiary alicyclic amines) is 2. The topological polar surface area (TPSA) is 78.9 Å². The molecule has 4 aliphatic carbocycles. The summed E-state index contributed by atoms with van der Waals surface area (Å²) in [6.07, 6.45) is 17.2. The first kappa shape index (κ1) is 42.6. The monoisotopic (exact) mass is 756 g/mol. The molecule has 0 unspecified atom stereocenters. The van der Waals surface area contributed by atoms with Gasteiger partial charge >= 0.3 is 17.9 Å². The zero-order valence-electron chi connectivity index (χ0n) is 32.8. The van der Waals surface area contributed by atoms with Gasteiger partial charge in [0.15, 0.2) is 13.1 Å². The molecule has 2 heterocycles. The van der Waals surface area contributed by atoms with Crippen molar-refractivity contribution >= 4 is 17.9 Å². The average Bonchev–Trinajstić information content (AvgIpc) is 3.42. The van der Waals surface area contributed by atoms with Crippen molar-refractivity contribution in [3.8, 4) is 0 Å². The van der Waals surface area contributed by atoms with Crippen molar-refractivity contribution in [1.82, 2.24) is 0 Å². The summed E-state index contributed by atoms with van der Waals surface area (Å²) in [6.45, 7) is 12.6.